The molecule has 0 aromatic carbocycles. The van der Waals surface area contributed by atoms with E-state index in [0.29, 0.717) is 12.5 Å². The zero-order valence-electron chi connectivity index (χ0n) is 10.6. The second-order valence-electron chi connectivity index (χ2n) is 4.97. The minimum atomic E-state index is -4.64. The highest BCUT2D eigenvalue weighted by atomic mass is 19.4. The van der Waals surface area contributed by atoms with Crippen molar-refractivity contribution in [3.05, 3.63) is 0 Å². The van der Waals surface area contributed by atoms with Gasteiger partial charge in [0.15, 0.2) is 6.10 Å². The summed E-state index contributed by atoms with van der Waals surface area (Å²) in [4.78, 5) is 14.4. The number of hydrogen-bond donors (Lipinski definition) is 1. The van der Waals surface area contributed by atoms with Crippen molar-refractivity contribution in [2.24, 2.45) is 5.92 Å². The van der Waals surface area contributed by atoms with Crippen molar-refractivity contribution in [2.75, 3.05) is 33.7 Å². The first-order valence-corrected chi connectivity index (χ1v) is 5.87. The average molecular weight is 268 g/mol. The fourth-order valence-corrected chi connectivity index (χ4v) is 1.60. The van der Waals surface area contributed by atoms with Crippen molar-refractivity contribution >= 4 is 5.91 Å². The smallest absolute Gasteiger partial charge is 0.382 e. The Labute approximate surface area is 104 Å². The van der Waals surface area contributed by atoms with Gasteiger partial charge in [-0.15, -0.1) is 0 Å². The Morgan fingerprint density at radius 2 is 1.94 bits per heavy atom. The summed E-state index contributed by atoms with van der Waals surface area (Å²) in [5, 5.41) is 8.87. The van der Waals surface area contributed by atoms with E-state index in [2.05, 4.69) is 0 Å². The van der Waals surface area contributed by atoms with Crippen LogP contribution in [-0.4, -0.2) is 66.8 Å². The van der Waals surface area contributed by atoms with Crippen LogP contribution in [-0.2, 0) is 4.79 Å². The summed E-state index contributed by atoms with van der Waals surface area (Å²) in [6.45, 7) is -0.0443. The summed E-state index contributed by atoms with van der Waals surface area (Å²) in [5.41, 5.74) is 0. The molecule has 0 saturated heterocycles. The molecule has 0 heterocycles. The topological polar surface area (TPSA) is 43.8 Å². The van der Waals surface area contributed by atoms with Crippen molar-refractivity contribution < 1.29 is 23.1 Å². The monoisotopic (exact) mass is 268 g/mol. The summed E-state index contributed by atoms with van der Waals surface area (Å²) < 4.78 is 36.3. The molecule has 0 bridgehead atoms. The first kappa shape index (κ1) is 15.2. The molecule has 1 aliphatic rings. The quantitative estimate of drug-likeness (QED) is 0.771. The summed E-state index contributed by atoms with van der Waals surface area (Å²) in [7, 11) is 3.03. The standard InChI is InChI=1S/C11H19F3N2O2/c1-15(6-9(17)11(12,13)14)7-10(18)16(2)5-8-3-4-8/h8-9,17H,3-7H2,1-2H3. The molecule has 7 heteroatoms. The first-order valence-electron chi connectivity index (χ1n) is 5.87. The zero-order chi connectivity index (χ0) is 13.9. The highest BCUT2D eigenvalue weighted by Crippen LogP contribution is 2.29. The van der Waals surface area contributed by atoms with Gasteiger partial charge in [-0.25, -0.2) is 0 Å². The molecule has 1 unspecified atom stereocenters. The number of carbonyl (C=O) groups excluding carboxylic acids is 1. The van der Waals surface area contributed by atoms with Crippen molar-refractivity contribution in [1.82, 2.24) is 9.80 Å². The molecule has 1 amide bonds. The molecule has 106 valence electrons. The van der Waals surface area contributed by atoms with Gasteiger partial charge in [-0.1, -0.05) is 0 Å². The van der Waals surface area contributed by atoms with E-state index in [1.807, 2.05) is 0 Å². The number of hydrogen-bond acceptors (Lipinski definition) is 3. The third-order valence-corrected chi connectivity index (χ3v) is 2.92. The van der Waals surface area contributed by atoms with E-state index in [1.54, 1.807) is 7.05 Å². The molecule has 4 nitrogen and oxygen atoms in total. The van der Waals surface area contributed by atoms with Gasteiger partial charge in [-0.05, 0) is 25.8 Å². The third-order valence-electron chi connectivity index (χ3n) is 2.92. The number of aliphatic hydroxyl groups is 1. The lowest BCUT2D eigenvalue weighted by molar-refractivity contribution is -0.207. The van der Waals surface area contributed by atoms with Gasteiger partial charge in [0.1, 0.15) is 0 Å². The number of rotatable bonds is 6. The molecule has 0 aromatic rings. The van der Waals surface area contributed by atoms with Crippen molar-refractivity contribution in [3.8, 4) is 0 Å². The van der Waals surface area contributed by atoms with Gasteiger partial charge >= 0.3 is 6.18 Å². The Morgan fingerprint density at radius 1 is 1.39 bits per heavy atom. The Morgan fingerprint density at radius 3 is 2.39 bits per heavy atom. The molecule has 1 rings (SSSR count). The predicted octanol–water partition coefficient (Wildman–Crippen LogP) is 0.710. The van der Waals surface area contributed by atoms with E-state index in [4.69, 9.17) is 5.11 Å². The molecule has 0 radical (unpaired) electrons. The van der Waals surface area contributed by atoms with Crippen LogP contribution < -0.4 is 0 Å². The molecule has 1 saturated carbocycles. The fraction of sp³-hybridized carbons (Fsp3) is 0.909. The van der Waals surface area contributed by atoms with Gasteiger partial charge in [0.2, 0.25) is 5.91 Å². The molecule has 18 heavy (non-hydrogen) atoms. The largest absolute Gasteiger partial charge is 0.415 e. The normalized spacial score (nSPS) is 17.9. The molecule has 0 aliphatic heterocycles. The van der Waals surface area contributed by atoms with E-state index >= 15 is 0 Å². The minimum Gasteiger partial charge on any atom is -0.382 e. The average Bonchev–Trinajstić information content (AvgIpc) is 2.99. The Balaban J connectivity index is 2.29. The Kier molecular flexibility index (Phi) is 4.98. The van der Waals surface area contributed by atoms with Crippen LogP contribution in [0.3, 0.4) is 0 Å². The molecule has 0 spiro atoms. The van der Waals surface area contributed by atoms with Crippen LogP contribution in [0.1, 0.15) is 12.8 Å². The second kappa shape index (κ2) is 5.88. The van der Waals surface area contributed by atoms with Crippen LogP contribution in [0.25, 0.3) is 0 Å². The molecular formula is C11H19F3N2O2. The Hall–Kier alpha value is -0.820. The third kappa shape index (κ3) is 5.22. The SMILES string of the molecule is CN(CC(=O)N(C)CC1CC1)CC(O)C(F)(F)F. The number of aliphatic hydroxyl groups excluding tert-OH is 1. The number of carbonyl (C=O) groups is 1. The number of likely N-dealkylation sites (N-methyl/N-ethyl adjacent to an activating group) is 2. The lowest BCUT2D eigenvalue weighted by Crippen LogP contribution is -2.44. The maximum absolute atomic E-state index is 12.1. The number of halogens is 3. The molecule has 1 fully saturated rings. The van der Waals surface area contributed by atoms with Gasteiger partial charge in [-0.2, -0.15) is 13.2 Å². The van der Waals surface area contributed by atoms with Crippen LogP contribution in [0.2, 0.25) is 0 Å². The second-order valence-corrected chi connectivity index (χ2v) is 4.97. The van der Waals surface area contributed by atoms with E-state index in [1.165, 1.54) is 16.8 Å². The number of alkyl halides is 3. The van der Waals surface area contributed by atoms with Crippen LogP contribution in [0, 0.1) is 5.92 Å². The maximum atomic E-state index is 12.1. The van der Waals surface area contributed by atoms with Gasteiger partial charge < -0.3 is 10.0 Å². The molecule has 1 aliphatic carbocycles. The van der Waals surface area contributed by atoms with Gasteiger partial charge in [0, 0.05) is 20.1 Å². The van der Waals surface area contributed by atoms with E-state index < -0.39 is 18.8 Å². The molecule has 0 aromatic heterocycles. The van der Waals surface area contributed by atoms with Gasteiger partial charge in [0.25, 0.3) is 0 Å². The van der Waals surface area contributed by atoms with Crippen molar-refractivity contribution in [3.63, 3.8) is 0 Å². The van der Waals surface area contributed by atoms with E-state index in [9.17, 15) is 18.0 Å². The van der Waals surface area contributed by atoms with Gasteiger partial charge in [-0.3, -0.25) is 9.69 Å². The van der Waals surface area contributed by atoms with Crippen LogP contribution in [0.4, 0.5) is 13.2 Å². The number of nitrogens with zero attached hydrogens (tertiary/aromatic N) is 2. The molecule has 1 N–H and O–H groups in total. The maximum Gasteiger partial charge on any atom is 0.415 e. The lowest BCUT2D eigenvalue weighted by atomic mass is 10.3. The van der Waals surface area contributed by atoms with Crippen molar-refractivity contribution in [2.45, 2.75) is 25.1 Å². The number of amides is 1. The summed E-state index contributed by atoms with van der Waals surface area (Å²) >= 11 is 0. The van der Waals surface area contributed by atoms with Crippen LogP contribution in [0.15, 0.2) is 0 Å². The van der Waals surface area contributed by atoms with Crippen molar-refractivity contribution in [1.29, 1.82) is 0 Å². The van der Waals surface area contributed by atoms with Crippen LogP contribution in [0.5, 0.6) is 0 Å². The minimum absolute atomic E-state index is 0.115. The Bertz CT molecular complexity index is 293. The zero-order valence-corrected chi connectivity index (χ0v) is 10.6. The first-order chi connectivity index (χ1) is 8.20. The highest BCUT2D eigenvalue weighted by molar-refractivity contribution is 5.78. The van der Waals surface area contributed by atoms with Gasteiger partial charge in [0.05, 0.1) is 6.54 Å². The molecule has 1 atom stereocenters. The highest BCUT2D eigenvalue weighted by Gasteiger charge is 2.38. The van der Waals surface area contributed by atoms with Crippen LogP contribution >= 0.6 is 0 Å². The lowest BCUT2D eigenvalue weighted by Gasteiger charge is -2.24. The summed E-state index contributed by atoms with van der Waals surface area (Å²) in [5.74, 6) is 0.323. The summed E-state index contributed by atoms with van der Waals surface area (Å²) in [6, 6.07) is 0. The fourth-order valence-electron chi connectivity index (χ4n) is 1.60. The summed E-state index contributed by atoms with van der Waals surface area (Å²) in [6.07, 6.45) is -4.83. The van der Waals surface area contributed by atoms with E-state index in [0.717, 1.165) is 12.8 Å². The predicted molar refractivity (Wildman–Crippen MR) is 59.9 cm³/mol. The molecular weight excluding hydrogens is 249 g/mol. The van der Waals surface area contributed by atoms with E-state index in [-0.39, 0.29) is 12.5 Å².